The monoisotopic (exact) mass is 373 g/mol. The van der Waals surface area contributed by atoms with Crippen LogP contribution in [0.4, 0.5) is 0 Å². The van der Waals surface area contributed by atoms with E-state index in [1.54, 1.807) is 0 Å². The first-order chi connectivity index (χ1) is 12.8. The first-order valence-electron chi connectivity index (χ1n) is 10.4. The summed E-state index contributed by atoms with van der Waals surface area (Å²) >= 11 is 0. The van der Waals surface area contributed by atoms with Crippen LogP contribution >= 0.6 is 0 Å². The van der Waals surface area contributed by atoms with Gasteiger partial charge >= 0.3 is 5.97 Å². The Labute approximate surface area is 164 Å². The zero-order chi connectivity index (χ0) is 20.0. The number of fused-ring (bicyclic) bond motifs is 1. The van der Waals surface area contributed by atoms with E-state index in [-0.39, 0.29) is 11.8 Å². The predicted octanol–water partition coefficient (Wildman–Crippen LogP) is 5.00. The van der Waals surface area contributed by atoms with E-state index in [1.165, 1.54) is 50.2 Å². The minimum Gasteiger partial charge on any atom is -0.425 e. The molecule has 0 fully saturated rings. The van der Waals surface area contributed by atoms with Crippen LogP contribution in [0.2, 0.25) is 0 Å². The molecule has 3 atom stereocenters. The van der Waals surface area contributed by atoms with Crippen molar-refractivity contribution in [3.05, 3.63) is 29.3 Å². The van der Waals surface area contributed by atoms with Gasteiger partial charge in [-0.25, -0.2) is 4.79 Å². The van der Waals surface area contributed by atoms with Gasteiger partial charge in [0.15, 0.2) is 0 Å². The average molecular weight is 374 g/mol. The van der Waals surface area contributed by atoms with Gasteiger partial charge in [-0.2, -0.15) is 0 Å². The number of esters is 1. The molecular weight excluding hydrogens is 338 g/mol. The van der Waals surface area contributed by atoms with E-state index in [0.29, 0.717) is 17.6 Å². The molecular formula is C23H35NO3. The van der Waals surface area contributed by atoms with Crippen molar-refractivity contribution in [1.29, 1.82) is 0 Å². The molecule has 1 N–H and O–H groups in total. The highest BCUT2D eigenvalue weighted by Crippen LogP contribution is 2.40. The lowest BCUT2D eigenvalue weighted by Crippen LogP contribution is -2.45. The van der Waals surface area contributed by atoms with Crippen LogP contribution in [-0.4, -0.2) is 17.9 Å². The van der Waals surface area contributed by atoms with Gasteiger partial charge in [-0.1, -0.05) is 53.0 Å². The van der Waals surface area contributed by atoms with Crippen molar-refractivity contribution >= 4 is 11.9 Å². The summed E-state index contributed by atoms with van der Waals surface area (Å²) in [4.78, 5) is 24.0. The average Bonchev–Trinajstić information content (AvgIpc) is 2.61. The van der Waals surface area contributed by atoms with Crippen molar-refractivity contribution in [2.45, 2.75) is 85.1 Å². The number of ether oxygens (including phenoxy) is 1. The number of carbonyl (C=O) groups excluding carboxylic acids is 2. The second kappa shape index (κ2) is 9.91. The Bertz CT molecular complexity index is 653. The van der Waals surface area contributed by atoms with Crippen LogP contribution in [0, 0.1) is 11.8 Å². The van der Waals surface area contributed by atoms with Crippen molar-refractivity contribution in [1.82, 2.24) is 5.32 Å². The number of unbranched alkanes of at least 4 members (excludes halogenated alkanes) is 2. The number of hydrogen-bond acceptors (Lipinski definition) is 3. The van der Waals surface area contributed by atoms with Crippen molar-refractivity contribution in [2.75, 3.05) is 0 Å². The molecule has 0 aromatic heterocycles. The standard InChI is InChI=1S/C23H35NO3/c1-6-7-8-9-20-16(4)10-11-18-12-13-19(14-21(18)20)27-23(26)22(15(2)3)24-17(5)25/h12-16,20,22H,6-11H2,1-5H3,(H,24,25). The second-order valence-electron chi connectivity index (χ2n) is 8.32. The summed E-state index contributed by atoms with van der Waals surface area (Å²) in [6.45, 7) is 9.80. The van der Waals surface area contributed by atoms with Gasteiger partial charge in [-0.3, -0.25) is 4.79 Å². The Morgan fingerprint density at radius 1 is 1.26 bits per heavy atom. The number of aryl methyl sites for hydroxylation is 1. The fourth-order valence-corrected chi connectivity index (χ4v) is 4.05. The van der Waals surface area contributed by atoms with E-state index in [9.17, 15) is 9.59 Å². The molecule has 3 unspecified atom stereocenters. The minimum absolute atomic E-state index is 0.0270. The summed E-state index contributed by atoms with van der Waals surface area (Å²) < 4.78 is 5.66. The summed E-state index contributed by atoms with van der Waals surface area (Å²) in [6.07, 6.45) is 7.24. The molecule has 0 radical (unpaired) electrons. The molecule has 1 aromatic carbocycles. The van der Waals surface area contributed by atoms with Crippen LogP contribution in [0.1, 0.15) is 83.8 Å². The maximum atomic E-state index is 12.6. The van der Waals surface area contributed by atoms with Gasteiger partial charge in [0.05, 0.1) is 0 Å². The number of nitrogens with one attached hydrogen (secondary N) is 1. The first-order valence-corrected chi connectivity index (χ1v) is 10.4. The van der Waals surface area contributed by atoms with Crippen molar-refractivity contribution in [3.63, 3.8) is 0 Å². The maximum Gasteiger partial charge on any atom is 0.334 e. The Morgan fingerprint density at radius 3 is 2.63 bits per heavy atom. The van der Waals surface area contributed by atoms with Crippen molar-refractivity contribution in [3.8, 4) is 5.75 Å². The SMILES string of the molecule is CCCCCC1c2cc(OC(=O)C(NC(C)=O)C(C)C)ccc2CCC1C. The van der Waals surface area contributed by atoms with E-state index in [0.717, 1.165) is 6.42 Å². The molecule has 0 aliphatic heterocycles. The molecule has 0 saturated heterocycles. The molecule has 27 heavy (non-hydrogen) atoms. The van der Waals surface area contributed by atoms with Crippen LogP contribution in [-0.2, 0) is 16.0 Å². The van der Waals surface area contributed by atoms with Crippen LogP contribution in [0.5, 0.6) is 5.75 Å². The van der Waals surface area contributed by atoms with Crippen LogP contribution in [0.3, 0.4) is 0 Å². The molecule has 4 heteroatoms. The zero-order valence-electron chi connectivity index (χ0n) is 17.5. The molecule has 0 bridgehead atoms. The summed E-state index contributed by atoms with van der Waals surface area (Å²) in [6, 6.07) is 5.43. The summed E-state index contributed by atoms with van der Waals surface area (Å²) in [5.41, 5.74) is 2.73. The van der Waals surface area contributed by atoms with Crippen LogP contribution < -0.4 is 10.1 Å². The van der Waals surface area contributed by atoms with Gasteiger partial charge in [-0.05, 0) is 60.3 Å². The zero-order valence-corrected chi connectivity index (χ0v) is 17.5. The molecule has 1 amide bonds. The summed E-state index contributed by atoms with van der Waals surface area (Å²) in [5, 5.41) is 2.70. The van der Waals surface area contributed by atoms with E-state index in [2.05, 4.69) is 31.3 Å². The fourth-order valence-electron chi connectivity index (χ4n) is 4.05. The third kappa shape index (κ3) is 5.82. The molecule has 1 aliphatic rings. The Balaban J connectivity index is 2.17. The Hall–Kier alpha value is -1.84. The van der Waals surface area contributed by atoms with Gasteiger partial charge in [0, 0.05) is 6.92 Å². The Kier molecular flexibility index (Phi) is 7.88. The van der Waals surface area contributed by atoms with Gasteiger partial charge < -0.3 is 10.1 Å². The number of rotatable bonds is 8. The molecule has 150 valence electrons. The molecule has 0 spiro atoms. The maximum absolute atomic E-state index is 12.6. The highest BCUT2D eigenvalue weighted by Gasteiger charge is 2.28. The Morgan fingerprint density at radius 2 is 2.00 bits per heavy atom. The molecule has 0 saturated carbocycles. The third-order valence-corrected chi connectivity index (χ3v) is 5.69. The van der Waals surface area contributed by atoms with Gasteiger partial charge in [0.2, 0.25) is 5.91 Å². The number of amides is 1. The molecule has 0 heterocycles. The lowest BCUT2D eigenvalue weighted by molar-refractivity contribution is -0.140. The quantitative estimate of drug-likeness (QED) is 0.396. The molecule has 1 aliphatic carbocycles. The van der Waals surface area contributed by atoms with E-state index in [4.69, 9.17) is 4.74 Å². The highest BCUT2D eigenvalue weighted by molar-refractivity contribution is 5.84. The van der Waals surface area contributed by atoms with E-state index >= 15 is 0 Å². The smallest absolute Gasteiger partial charge is 0.334 e. The van der Waals surface area contributed by atoms with Crippen molar-refractivity contribution < 1.29 is 14.3 Å². The minimum atomic E-state index is -0.627. The van der Waals surface area contributed by atoms with E-state index < -0.39 is 12.0 Å². The highest BCUT2D eigenvalue weighted by atomic mass is 16.5. The first kappa shape index (κ1) is 21.5. The van der Waals surface area contributed by atoms with Gasteiger partial charge in [0.25, 0.3) is 0 Å². The number of benzene rings is 1. The second-order valence-corrected chi connectivity index (χ2v) is 8.32. The van der Waals surface area contributed by atoms with E-state index in [1.807, 2.05) is 19.9 Å². The molecule has 4 nitrogen and oxygen atoms in total. The largest absolute Gasteiger partial charge is 0.425 e. The van der Waals surface area contributed by atoms with Gasteiger partial charge in [0.1, 0.15) is 11.8 Å². The van der Waals surface area contributed by atoms with Crippen molar-refractivity contribution in [2.24, 2.45) is 11.8 Å². The van der Waals surface area contributed by atoms with Crippen LogP contribution in [0.25, 0.3) is 0 Å². The lowest BCUT2D eigenvalue weighted by Gasteiger charge is -2.32. The number of hydrogen-bond donors (Lipinski definition) is 1. The summed E-state index contributed by atoms with van der Waals surface area (Å²) in [5.74, 6) is 1.14. The lowest BCUT2D eigenvalue weighted by atomic mass is 9.73. The van der Waals surface area contributed by atoms with Crippen LogP contribution in [0.15, 0.2) is 18.2 Å². The normalized spacial score (nSPS) is 20.1. The number of carbonyl (C=O) groups is 2. The molecule has 2 rings (SSSR count). The fraction of sp³-hybridized carbons (Fsp3) is 0.652. The predicted molar refractivity (Wildman–Crippen MR) is 109 cm³/mol. The van der Waals surface area contributed by atoms with Gasteiger partial charge in [-0.15, -0.1) is 0 Å². The molecule has 1 aromatic rings. The topological polar surface area (TPSA) is 55.4 Å². The summed E-state index contributed by atoms with van der Waals surface area (Å²) in [7, 11) is 0. The third-order valence-electron chi connectivity index (χ3n) is 5.69.